The van der Waals surface area contributed by atoms with Gasteiger partial charge in [-0.3, -0.25) is 0 Å². The van der Waals surface area contributed by atoms with Crippen molar-refractivity contribution in [3.63, 3.8) is 0 Å². The van der Waals surface area contributed by atoms with Crippen molar-refractivity contribution < 1.29 is 15.3 Å². The van der Waals surface area contributed by atoms with Crippen molar-refractivity contribution in [3.8, 4) is 0 Å². The van der Waals surface area contributed by atoms with Crippen LogP contribution in [-0.2, 0) is 0 Å². The standard InChI is InChI=1S/C8H16O3/c9-4-3-6-1-2-8(11)7(6)5-10/h6-11H,1-5H2/t6-,7+,8-/m1/s1. The number of rotatable bonds is 3. The van der Waals surface area contributed by atoms with Crippen molar-refractivity contribution in [3.05, 3.63) is 0 Å². The highest BCUT2D eigenvalue weighted by atomic mass is 16.3. The molecule has 0 saturated heterocycles. The van der Waals surface area contributed by atoms with Gasteiger partial charge < -0.3 is 15.3 Å². The Balaban J connectivity index is 2.40. The lowest BCUT2D eigenvalue weighted by Crippen LogP contribution is -2.23. The molecule has 3 atom stereocenters. The fourth-order valence-electron chi connectivity index (χ4n) is 1.92. The highest BCUT2D eigenvalue weighted by Crippen LogP contribution is 2.33. The summed E-state index contributed by atoms with van der Waals surface area (Å²) in [6.07, 6.45) is 2.07. The maximum Gasteiger partial charge on any atom is 0.0593 e. The third kappa shape index (κ3) is 1.92. The third-order valence-corrected chi connectivity index (χ3v) is 2.64. The third-order valence-electron chi connectivity index (χ3n) is 2.64. The van der Waals surface area contributed by atoms with Crippen molar-refractivity contribution in [2.24, 2.45) is 11.8 Å². The molecule has 1 aliphatic carbocycles. The molecule has 0 heterocycles. The van der Waals surface area contributed by atoms with E-state index in [4.69, 9.17) is 10.2 Å². The van der Waals surface area contributed by atoms with Crippen molar-refractivity contribution in [1.82, 2.24) is 0 Å². The molecule has 0 aliphatic heterocycles. The molecule has 3 N–H and O–H groups in total. The van der Waals surface area contributed by atoms with E-state index in [0.717, 1.165) is 12.8 Å². The Morgan fingerprint density at radius 2 is 1.91 bits per heavy atom. The smallest absolute Gasteiger partial charge is 0.0593 e. The van der Waals surface area contributed by atoms with E-state index < -0.39 is 0 Å². The Morgan fingerprint density at radius 1 is 1.18 bits per heavy atom. The molecule has 0 unspecified atom stereocenters. The van der Waals surface area contributed by atoms with Crippen LogP contribution in [0, 0.1) is 11.8 Å². The molecule has 0 radical (unpaired) electrons. The van der Waals surface area contributed by atoms with E-state index in [2.05, 4.69) is 0 Å². The first-order chi connectivity index (χ1) is 5.29. The first kappa shape index (κ1) is 8.97. The Morgan fingerprint density at radius 3 is 2.45 bits per heavy atom. The van der Waals surface area contributed by atoms with Crippen LogP contribution in [0.15, 0.2) is 0 Å². The van der Waals surface area contributed by atoms with Crippen LogP contribution in [-0.4, -0.2) is 34.6 Å². The summed E-state index contributed by atoms with van der Waals surface area (Å²) >= 11 is 0. The number of hydrogen-bond donors (Lipinski definition) is 3. The average Bonchev–Trinajstić information content (AvgIpc) is 2.33. The summed E-state index contributed by atoms with van der Waals surface area (Å²) in [6, 6.07) is 0. The topological polar surface area (TPSA) is 60.7 Å². The van der Waals surface area contributed by atoms with E-state index in [1.165, 1.54) is 0 Å². The maximum absolute atomic E-state index is 9.34. The summed E-state index contributed by atoms with van der Waals surface area (Å²) < 4.78 is 0. The van der Waals surface area contributed by atoms with Crippen LogP contribution >= 0.6 is 0 Å². The lowest BCUT2D eigenvalue weighted by atomic mass is 9.93. The molecular weight excluding hydrogens is 144 g/mol. The van der Waals surface area contributed by atoms with Gasteiger partial charge in [-0.15, -0.1) is 0 Å². The average molecular weight is 160 g/mol. The fraction of sp³-hybridized carbons (Fsp3) is 1.00. The van der Waals surface area contributed by atoms with Gasteiger partial charge in [0.05, 0.1) is 6.10 Å². The number of aliphatic hydroxyl groups is 3. The molecule has 0 amide bonds. The zero-order valence-corrected chi connectivity index (χ0v) is 6.61. The molecule has 1 rings (SSSR count). The molecular formula is C8H16O3. The second-order valence-corrected chi connectivity index (χ2v) is 3.26. The van der Waals surface area contributed by atoms with Crippen molar-refractivity contribution in [2.45, 2.75) is 25.4 Å². The molecule has 3 nitrogen and oxygen atoms in total. The molecule has 0 aromatic carbocycles. The van der Waals surface area contributed by atoms with Gasteiger partial charge in [0.2, 0.25) is 0 Å². The van der Waals surface area contributed by atoms with Gasteiger partial charge in [-0.2, -0.15) is 0 Å². The van der Waals surface area contributed by atoms with Crippen LogP contribution in [0.1, 0.15) is 19.3 Å². The molecule has 1 aliphatic rings. The van der Waals surface area contributed by atoms with Gasteiger partial charge in [-0.1, -0.05) is 0 Å². The van der Waals surface area contributed by atoms with Gasteiger partial charge in [0.15, 0.2) is 0 Å². The Hall–Kier alpha value is -0.120. The summed E-state index contributed by atoms with van der Waals surface area (Å²) in [5.41, 5.74) is 0. The van der Waals surface area contributed by atoms with E-state index in [1.54, 1.807) is 0 Å². The summed E-state index contributed by atoms with van der Waals surface area (Å²) in [5, 5.41) is 26.9. The van der Waals surface area contributed by atoms with Gasteiger partial charge in [0.1, 0.15) is 0 Å². The minimum absolute atomic E-state index is 0.00199. The van der Waals surface area contributed by atoms with E-state index in [0.29, 0.717) is 12.3 Å². The molecule has 1 fully saturated rings. The molecule has 0 bridgehead atoms. The zero-order valence-electron chi connectivity index (χ0n) is 6.61. The van der Waals surface area contributed by atoms with Gasteiger partial charge in [-0.05, 0) is 25.2 Å². The minimum Gasteiger partial charge on any atom is -0.396 e. The Kier molecular flexibility index (Phi) is 3.30. The summed E-state index contributed by atoms with van der Waals surface area (Å²) in [6.45, 7) is 0.208. The molecule has 0 aromatic heterocycles. The van der Waals surface area contributed by atoms with Gasteiger partial charge in [0, 0.05) is 19.1 Å². The summed E-state index contributed by atoms with van der Waals surface area (Å²) in [7, 11) is 0. The summed E-state index contributed by atoms with van der Waals surface area (Å²) in [5.74, 6) is 0.321. The van der Waals surface area contributed by atoms with Crippen LogP contribution in [0.5, 0.6) is 0 Å². The van der Waals surface area contributed by atoms with Crippen molar-refractivity contribution in [1.29, 1.82) is 0 Å². The minimum atomic E-state index is -0.350. The Labute approximate surface area is 66.7 Å². The van der Waals surface area contributed by atoms with Crippen LogP contribution in [0.3, 0.4) is 0 Å². The largest absolute Gasteiger partial charge is 0.396 e. The second-order valence-electron chi connectivity index (χ2n) is 3.26. The first-order valence-corrected chi connectivity index (χ1v) is 4.19. The van der Waals surface area contributed by atoms with E-state index >= 15 is 0 Å². The van der Waals surface area contributed by atoms with E-state index in [9.17, 15) is 5.11 Å². The predicted molar refractivity (Wildman–Crippen MR) is 41.0 cm³/mol. The number of hydrogen-bond acceptors (Lipinski definition) is 3. The lowest BCUT2D eigenvalue weighted by Gasteiger charge is -2.18. The van der Waals surface area contributed by atoms with E-state index in [1.807, 2.05) is 0 Å². The Bertz CT molecular complexity index is 114. The highest BCUT2D eigenvalue weighted by Gasteiger charge is 2.33. The maximum atomic E-state index is 9.34. The van der Waals surface area contributed by atoms with Crippen LogP contribution in [0.4, 0.5) is 0 Å². The predicted octanol–water partition coefficient (Wildman–Crippen LogP) is -0.252. The second kappa shape index (κ2) is 4.04. The van der Waals surface area contributed by atoms with Crippen LogP contribution < -0.4 is 0 Å². The molecule has 3 heteroatoms. The summed E-state index contributed by atoms with van der Waals surface area (Å²) in [4.78, 5) is 0. The molecule has 11 heavy (non-hydrogen) atoms. The normalized spacial score (nSPS) is 37.9. The van der Waals surface area contributed by atoms with E-state index in [-0.39, 0.29) is 25.2 Å². The van der Waals surface area contributed by atoms with Crippen LogP contribution in [0.25, 0.3) is 0 Å². The quantitative estimate of drug-likeness (QED) is 0.533. The van der Waals surface area contributed by atoms with Crippen molar-refractivity contribution >= 4 is 0 Å². The molecule has 1 saturated carbocycles. The van der Waals surface area contributed by atoms with Crippen molar-refractivity contribution in [2.75, 3.05) is 13.2 Å². The van der Waals surface area contributed by atoms with Gasteiger partial charge in [-0.25, -0.2) is 0 Å². The highest BCUT2D eigenvalue weighted by molar-refractivity contribution is 4.83. The molecule has 0 aromatic rings. The van der Waals surface area contributed by atoms with Crippen LogP contribution in [0.2, 0.25) is 0 Å². The van der Waals surface area contributed by atoms with Gasteiger partial charge >= 0.3 is 0 Å². The number of aliphatic hydroxyl groups excluding tert-OH is 3. The monoisotopic (exact) mass is 160 g/mol. The molecule has 66 valence electrons. The lowest BCUT2D eigenvalue weighted by molar-refractivity contribution is 0.0661. The molecule has 0 spiro atoms. The zero-order chi connectivity index (χ0) is 8.27. The SMILES string of the molecule is OCC[C@H]1CC[C@@H](O)[C@H]1CO. The van der Waals surface area contributed by atoms with Gasteiger partial charge in [0.25, 0.3) is 0 Å². The fourth-order valence-corrected chi connectivity index (χ4v) is 1.92. The first-order valence-electron chi connectivity index (χ1n) is 4.19.